The van der Waals surface area contributed by atoms with Crippen molar-refractivity contribution < 1.29 is 17.9 Å². The maximum Gasteiger partial charge on any atom is 0.240 e. The minimum atomic E-state index is -3.55. The zero-order valence-electron chi connectivity index (χ0n) is 14.6. The Morgan fingerprint density at radius 1 is 1.00 bits per heavy atom. The van der Waals surface area contributed by atoms with Gasteiger partial charge in [0.05, 0.1) is 17.6 Å². The van der Waals surface area contributed by atoms with Gasteiger partial charge in [-0.25, -0.2) is 13.1 Å². The lowest BCUT2D eigenvalue weighted by molar-refractivity contribution is -0.0390. The molecule has 140 valence electrons. The molecule has 0 amide bonds. The lowest BCUT2D eigenvalue weighted by Crippen LogP contribution is -2.23. The highest BCUT2D eigenvalue weighted by molar-refractivity contribution is 7.89. The number of nitrogens with two attached hydrogens (primary N) is 1. The minimum Gasteiger partial charge on any atom is -0.399 e. The molecule has 3 rings (SSSR count). The van der Waals surface area contributed by atoms with Gasteiger partial charge in [0.15, 0.2) is 0 Å². The van der Waals surface area contributed by atoms with Crippen molar-refractivity contribution in [2.75, 3.05) is 18.9 Å². The summed E-state index contributed by atoms with van der Waals surface area (Å²) in [6, 6.07) is 13.9. The van der Waals surface area contributed by atoms with Crippen molar-refractivity contribution in [3.05, 3.63) is 59.7 Å². The van der Waals surface area contributed by atoms with Gasteiger partial charge in [0, 0.05) is 25.4 Å². The Morgan fingerprint density at radius 3 is 2.27 bits per heavy atom. The summed E-state index contributed by atoms with van der Waals surface area (Å²) < 4.78 is 38.4. The molecule has 0 radical (unpaired) electrons. The van der Waals surface area contributed by atoms with Crippen LogP contribution >= 0.6 is 0 Å². The Hall–Kier alpha value is -1.93. The Bertz CT molecular complexity index is 798. The van der Waals surface area contributed by atoms with Crippen LogP contribution < -0.4 is 10.5 Å². The predicted molar refractivity (Wildman–Crippen MR) is 100.0 cm³/mol. The SMILES string of the molecule is Nc1ccc(S(=O)(=O)NCc2ccc(COC3CCOCC3)cc2)cc1. The lowest BCUT2D eigenvalue weighted by atomic mass is 10.1. The third-order valence-corrected chi connectivity index (χ3v) is 5.75. The summed E-state index contributed by atoms with van der Waals surface area (Å²) in [7, 11) is -3.55. The molecule has 0 bridgehead atoms. The molecule has 2 aromatic carbocycles. The van der Waals surface area contributed by atoms with Crippen molar-refractivity contribution in [2.24, 2.45) is 0 Å². The summed E-state index contributed by atoms with van der Waals surface area (Å²) >= 11 is 0. The second-order valence-electron chi connectivity index (χ2n) is 6.33. The molecule has 1 heterocycles. The van der Waals surface area contributed by atoms with Gasteiger partial charge < -0.3 is 15.2 Å². The number of benzene rings is 2. The van der Waals surface area contributed by atoms with Gasteiger partial charge in [-0.2, -0.15) is 0 Å². The number of hydrogen-bond donors (Lipinski definition) is 2. The number of hydrogen-bond acceptors (Lipinski definition) is 5. The van der Waals surface area contributed by atoms with Crippen molar-refractivity contribution in [3.63, 3.8) is 0 Å². The minimum absolute atomic E-state index is 0.202. The second-order valence-corrected chi connectivity index (χ2v) is 8.10. The van der Waals surface area contributed by atoms with Gasteiger partial charge in [-0.15, -0.1) is 0 Å². The van der Waals surface area contributed by atoms with E-state index in [1.54, 1.807) is 12.1 Å². The molecule has 2 aromatic rings. The predicted octanol–water partition coefficient (Wildman–Crippen LogP) is 2.44. The number of nitrogen functional groups attached to an aromatic ring is 1. The molecule has 0 aromatic heterocycles. The number of anilines is 1. The summed E-state index contributed by atoms with van der Waals surface area (Å²) in [5.41, 5.74) is 8.08. The third-order valence-electron chi connectivity index (χ3n) is 4.33. The maximum atomic E-state index is 12.3. The molecule has 1 aliphatic rings. The van der Waals surface area contributed by atoms with E-state index in [9.17, 15) is 8.42 Å². The van der Waals surface area contributed by atoms with Crippen LogP contribution in [0.1, 0.15) is 24.0 Å². The first-order chi connectivity index (χ1) is 12.5. The third kappa shape index (κ3) is 5.28. The largest absolute Gasteiger partial charge is 0.399 e. The average molecular weight is 376 g/mol. The van der Waals surface area contributed by atoms with Crippen molar-refractivity contribution in [2.45, 2.75) is 37.0 Å². The monoisotopic (exact) mass is 376 g/mol. The number of nitrogens with one attached hydrogen (secondary N) is 1. The molecular weight excluding hydrogens is 352 g/mol. The average Bonchev–Trinajstić information content (AvgIpc) is 2.67. The molecule has 7 heteroatoms. The highest BCUT2D eigenvalue weighted by Gasteiger charge is 2.15. The van der Waals surface area contributed by atoms with E-state index in [0.29, 0.717) is 12.3 Å². The molecule has 3 N–H and O–H groups in total. The Balaban J connectivity index is 1.51. The smallest absolute Gasteiger partial charge is 0.240 e. The molecule has 0 atom stereocenters. The van der Waals surface area contributed by atoms with E-state index in [0.717, 1.165) is 37.2 Å². The summed E-state index contributed by atoms with van der Waals surface area (Å²) in [6.45, 7) is 2.31. The van der Waals surface area contributed by atoms with Crippen LogP contribution in [0, 0.1) is 0 Å². The van der Waals surface area contributed by atoms with Crippen LogP contribution in [0.15, 0.2) is 53.4 Å². The Labute approximate surface area is 154 Å². The van der Waals surface area contributed by atoms with E-state index >= 15 is 0 Å². The van der Waals surface area contributed by atoms with Gasteiger partial charge in [0.1, 0.15) is 0 Å². The first-order valence-electron chi connectivity index (χ1n) is 8.65. The molecule has 0 saturated carbocycles. The number of rotatable bonds is 7. The van der Waals surface area contributed by atoms with E-state index in [1.165, 1.54) is 12.1 Å². The standard InChI is InChI=1S/C19H24N2O4S/c20-17-5-7-19(8-6-17)26(22,23)21-13-15-1-3-16(4-2-15)14-25-18-9-11-24-12-10-18/h1-8,18,21H,9-14,20H2. The molecule has 0 aliphatic carbocycles. The Kier molecular flexibility index (Phi) is 6.26. The van der Waals surface area contributed by atoms with E-state index in [4.69, 9.17) is 15.2 Å². The van der Waals surface area contributed by atoms with Gasteiger partial charge in [-0.1, -0.05) is 24.3 Å². The van der Waals surface area contributed by atoms with Crippen LogP contribution in [-0.2, 0) is 32.6 Å². The zero-order chi connectivity index (χ0) is 18.4. The fraction of sp³-hybridized carbons (Fsp3) is 0.368. The molecule has 6 nitrogen and oxygen atoms in total. The number of sulfonamides is 1. The van der Waals surface area contributed by atoms with Gasteiger partial charge in [-0.3, -0.25) is 0 Å². The highest BCUT2D eigenvalue weighted by atomic mass is 32.2. The summed E-state index contributed by atoms with van der Waals surface area (Å²) in [5, 5.41) is 0. The van der Waals surface area contributed by atoms with Crippen molar-refractivity contribution in [3.8, 4) is 0 Å². The summed E-state index contributed by atoms with van der Waals surface area (Å²) in [5.74, 6) is 0. The van der Waals surface area contributed by atoms with Gasteiger partial charge in [0.2, 0.25) is 10.0 Å². The highest BCUT2D eigenvalue weighted by Crippen LogP contribution is 2.15. The van der Waals surface area contributed by atoms with Crippen LogP contribution in [-0.4, -0.2) is 27.7 Å². The van der Waals surface area contributed by atoms with Gasteiger partial charge in [-0.05, 0) is 48.2 Å². The van der Waals surface area contributed by atoms with E-state index in [-0.39, 0.29) is 17.5 Å². The maximum absolute atomic E-state index is 12.3. The van der Waals surface area contributed by atoms with E-state index < -0.39 is 10.0 Å². The van der Waals surface area contributed by atoms with Crippen LogP contribution in [0.4, 0.5) is 5.69 Å². The van der Waals surface area contributed by atoms with Crippen LogP contribution in [0.3, 0.4) is 0 Å². The van der Waals surface area contributed by atoms with Crippen molar-refractivity contribution >= 4 is 15.7 Å². The normalized spacial score (nSPS) is 15.8. The van der Waals surface area contributed by atoms with Crippen LogP contribution in [0.5, 0.6) is 0 Å². The quantitative estimate of drug-likeness (QED) is 0.725. The molecular formula is C19H24N2O4S. The van der Waals surface area contributed by atoms with E-state index in [1.807, 2.05) is 24.3 Å². The fourth-order valence-corrected chi connectivity index (χ4v) is 3.74. The van der Waals surface area contributed by atoms with Crippen LogP contribution in [0.25, 0.3) is 0 Å². The topological polar surface area (TPSA) is 90.7 Å². The second kappa shape index (κ2) is 8.64. The molecule has 1 saturated heterocycles. The zero-order valence-corrected chi connectivity index (χ0v) is 15.4. The molecule has 0 unspecified atom stereocenters. The lowest BCUT2D eigenvalue weighted by Gasteiger charge is -2.22. The van der Waals surface area contributed by atoms with E-state index in [2.05, 4.69) is 4.72 Å². The van der Waals surface area contributed by atoms with Gasteiger partial charge in [0.25, 0.3) is 0 Å². The first-order valence-corrected chi connectivity index (χ1v) is 10.1. The Morgan fingerprint density at radius 2 is 1.62 bits per heavy atom. The van der Waals surface area contributed by atoms with Gasteiger partial charge >= 0.3 is 0 Å². The van der Waals surface area contributed by atoms with Crippen molar-refractivity contribution in [1.29, 1.82) is 0 Å². The molecule has 26 heavy (non-hydrogen) atoms. The number of ether oxygens (including phenoxy) is 2. The fourth-order valence-electron chi connectivity index (χ4n) is 2.72. The first kappa shape index (κ1) is 18.8. The molecule has 1 aliphatic heterocycles. The summed E-state index contributed by atoms with van der Waals surface area (Å²) in [4.78, 5) is 0.202. The molecule has 1 fully saturated rings. The summed E-state index contributed by atoms with van der Waals surface area (Å²) in [6.07, 6.45) is 2.13. The van der Waals surface area contributed by atoms with Crippen molar-refractivity contribution in [1.82, 2.24) is 4.72 Å². The molecule has 0 spiro atoms. The van der Waals surface area contributed by atoms with Crippen LogP contribution in [0.2, 0.25) is 0 Å².